The lowest BCUT2D eigenvalue weighted by molar-refractivity contribution is 0.214. The predicted octanol–water partition coefficient (Wildman–Crippen LogP) is 5.20. The van der Waals surface area contributed by atoms with Crippen molar-refractivity contribution in [1.82, 2.24) is 14.5 Å². The summed E-state index contributed by atoms with van der Waals surface area (Å²) in [6.45, 7) is 0. The number of hydrogen-bond donors (Lipinski definition) is 1. The van der Waals surface area contributed by atoms with Crippen molar-refractivity contribution in [2.75, 3.05) is 0 Å². The average molecular weight is 461 g/mol. The zero-order chi connectivity index (χ0) is 19.8. The Kier molecular flexibility index (Phi) is 5.19. The van der Waals surface area contributed by atoms with Crippen LogP contribution in [0.25, 0.3) is 11.0 Å². The number of nitrogens with zero attached hydrogens (tertiary/aromatic N) is 3. The first-order valence-corrected chi connectivity index (χ1v) is 9.78. The fourth-order valence-corrected chi connectivity index (χ4v) is 4.00. The zero-order valence-corrected chi connectivity index (χ0v) is 17.2. The third kappa shape index (κ3) is 3.43. The predicted molar refractivity (Wildman–Crippen MR) is 111 cm³/mol. The van der Waals surface area contributed by atoms with E-state index in [0.29, 0.717) is 27.4 Å². The molecule has 0 saturated heterocycles. The second kappa shape index (κ2) is 7.62. The first-order valence-electron chi connectivity index (χ1n) is 8.61. The Hall–Kier alpha value is -2.28. The Labute approximate surface area is 174 Å². The minimum Gasteiger partial charge on any atom is -0.382 e. The van der Waals surface area contributed by atoms with E-state index in [9.17, 15) is 5.11 Å². The molecule has 1 unspecified atom stereocenters. The molecule has 4 rings (SSSR count). The smallest absolute Gasteiger partial charge is 0.154 e. The summed E-state index contributed by atoms with van der Waals surface area (Å²) < 4.78 is 18.0. The molecule has 0 spiro atoms. The van der Waals surface area contributed by atoms with Gasteiger partial charge in [0.1, 0.15) is 11.6 Å². The highest BCUT2D eigenvalue weighted by molar-refractivity contribution is 9.10. The van der Waals surface area contributed by atoms with E-state index in [0.717, 1.165) is 10.0 Å². The molecule has 1 atom stereocenters. The van der Waals surface area contributed by atoms with Gasteiger partial charge >= 0.3 is 0 Å². The van der Waals surface area contributed by atoms with Gasteiger partial charge in [-0.3, -0.25) is 4.98 Å². The van der Waals surface area contributed by atoms with Crippen LogP contribution in [0.4, 0.5) is 4.39 Å². The Morgan fingerprint density at radius 1 is 1.21 bits per heavy atom. The number of aliphatic hydroxyl groups is 1. The summed E-state index contributed by atoms with van der Waals surface area (Å²) >= 11 is 9.74. The van der Waals surface area contributed by atoms with Crippen molar-refractivity contribution in [1.29, 1.82) is 0 Å². The first-order chi connectivity index (χ1) is 13.5. The molecule has 0 amide bonds. The minimum atomic E-state index is -1.07. The standard InChI is InChI=1S/C21H16BrClFN3O/c1-27-11-26-20-18(27)10-15(21(28)17-4-2-3-7-25-17)14(19(20)24)8-12-5-6-13(22)9-16(12)23/h2-7,9-11,21,28H,8H2,1H3. The highest BCUT2D eigenvalue weighted by atomic mass is 79.9. The number of imidazole rings is 1. The van der Waals surface area contributed by atoms with Gasteiger partial charge in [-0.05, 0) is 41.5 Å². The SMILES string of the molecule is Cn1cnc2c(F)c(Cc3ccc(Br)cc3Cl)c(C(O)c3ccccn3)cc21. The van der Waals surface area contributed by atoms with Crippen LogP contribution in [-0.2, 0) is 13.5 Å². The van der Waals surface area contributed by atoms with Crippen molar-refractivity contribution in [3.63, 3.8) is 0 Å². The summed E-state index contributed by atoms with van der Waals surface area (Å²) in [6, 6.07) is 12.5. The van der Waals surface area contributed by atoms with Crippen molar-refractivity contribution in [3.8, 4) is 0 Å². The lowest BCUT2D eigenvalue weighted by Crippen LogP contribution is -2.09. The molecule has 0 aliphatic carbocycles. The van der Waals surface area contributed by atoms with Crippen LogP contribution in [0.2, 0.25) is 5.02 Å². The van der Waals surface area contributed by atoms with Crippen LogP contribution in [0.3, 0.4) is 0 Å². The molecule has 0 fully saturated rings. The van der Waals surface area contributed by atoms with Crippen molar-refractivity contribution < 1.29 is 9.50 Å². The molecule has 7 heteroatoms. The highest BCUT2D eigenvalue weighted by Gasteiger charge is 2.23. The van der Waals surface area contributed by atoms with Crippen LogP contribution in [0.15, 0.2) is 59.5 Å². The maximum atomic E-state index is 15.5. The van der Waals surface area contributed by atoms with Gasteiger partial charge in [-0.1, -0.05) is 39.7 Å². The largest absolute Gasteiger partial charge is 0.382 e. The topological polar surface area (TPSA) is 50.9 Å². The van der Waals surface area contributed by atoms with E-state index in [1.807, 2.05) is 12.1 Å². The fraction of sp³-hybridized carbons (Fsp3) is 0.143. The van der Waals surface area contributed by atoms with E-state index >= 15 is 4.39 Å². The van der Waals surface area contributed by atoms with Gasteiger partial charge in [0.2, 0.25) is 0 Å². The van der Waals surface area contributed by atoms with E-state index in [2.05, 4.69) is 25.9 Å². The van der Waals surface area contributed by atoms with Crippen LogP contribution in [0.1, 0.15) is 28.5 Å². The normalized spacial score (nSPS) is 12.5. The van der Waals surface area contributed by atoms with Crippen molar-refractivity contribution in [2.24, 2.45) is 7.05 Å². The van der Waals surface area contributed by atoms with Gasteiger partial charge in [0.25, 0.3) is 0 Å². The van der Waals surface area contributed by atoms with Gasteiger partial charge in [-0.25, -0.2) is 9.37 Å². The molecular weight excluding hydrogens is 445 g/mol. The maximum Gasteiger partial charge on any atom is 0.154 e. The summed E-state index contributed by atoms with van der Waals surface area (Å²) in [7, 11) is 1.79. The second-order valence-corrected chi connectivity index (χ2v) is 7.87. The number of aromatic nitrogens is 3. The molecule has 2 heterocycles. The van der Waals surface area contributed by atoms with E-state index in [1.165, 1.54) is 0 Å². The van der Waals surface area contributed by atoms with Gasteiger partial charge in [-0.2, -0.15) is 0 Å². The zero-order valence-electron chi connectivity index (χ0n) is 14.9. The minimum absolute atomic E-state index is 0.226. The number of fused-ring (bicyclic) bond motifs is 1. The van der Waals surface area contributed by atoms with Gasteiger partial charge < -0.3 is 9.67 Å². The number of aryl methyl sites for hydroxylation is 1. The number of benzene rings is 2. The molecule has 0 radical (unpaired) electrons. The summed E-state index contributed by atoms with van der Waals surface area (Å²) in [5.41, 5.74) is 2.88. The lowest BCUT2D eigenvalue weighted by Gasteiger charge is -2.18. The quantitative estimate of drug-likeness (QED) is 0.456. The lowest BCUT2D eigenvalue weighted by atomic mass is 9.93. The molecule has 28 heavy (non-hydrogen) atoms. The number of pyridine rings is 1. The molecule has 0 aliphatic rings. The van der Waals surface area contributed by atoms with Crippen LogP contribution < -0.4 is 0 Å². The molecule has 2 aromatic carbocycles. The van der Waals surface area contributed by atoms with Gasteiger partial charge in [0.15, 0.2) is 5.82 Å². The summed E-state index contributed by atoms with van der Waals surface area (Å²) in [4.78, 5) is 8.41. The summed E-state index contributed by atoms with van der Waals surface area (Å²) in [6.07, 6.45) is 2.31. The average Bonchev–Trinajstić information content (AvgIpc) is 3.07. The molecule has 1 N–H and O–H groups in total. The Bertz CT molecular complexity index is 1160. The van der Waals surface area contributed by atoms with Crippen LogP contribution in [0.5, 0.6) is 0 Å². The first kappa shape index (κ1) is 19.1. The van der Waals surface area contributed by atoms with E-state index in [-0.39, 0.29) is 11.9 Å². The molecule has 0 saturated carbocycles. The Morgan fingerprint density at radius 2 is 2.04 bits per heavy atom. The molecule has 142 valence electrons. The fourth-order valence-electron chi connectivity index (χ4n) is 3.26. The van der Waals surface area contributed by atoms with Crippen LogP contribution in [0, 0.1) is 5.82 Å². The number of halogens is 3. The third-order valence-corrected chi connectivity index (χ3v) is 5.59. The third-order valence-electron chi connectivity index (χ3n) is 4.74. The van der Waals surface area contributed by atoms with Gasteiger partial charge in [0.05, 0.1) is 17.5 Å². The molecule has 4 nitrogen and oxygen atoms in total. The van der Waals surface area contributed by atoms with E-state index < -0.39 is 11.9 Å². The maximum absolute atomic E-state index is 15.5. The molecule has 4 aromatic rings. The van der Waals surface area contributed by atoms with Crippen molar-refractivity contribution >= 4 is 38.6 Å². The second-order valence-electron chi connectivity index (χ2n) is 6.55. The highest BCUT2D eigenvalue weighted by Crippen LogP contribution is 2.33. The monoisotopic (exact) mass is 459 g/mol. The Balaban J connectivity index is 1.91. The van der Waals surface area contributed by atoms with Crippen molar-refractivity contribution in [3.05, 3.63) is 92.7 Å². The van der Waals surface area contributed by atoms with E-state index in [1.54, 1.807) is 54.5 Å². The Morgan fingerprint density at radius 3 is 2.75 bits per heavy atom. The van der Waals surface area contributed by atoms with Crippen LogP contribution >= 0.6 is 27.5 Å². The number of hydrogen-bond acceptors (Lipinski definition) is 3. The number of aliphatic hydroxyl groups excluding tert-OH is 1. The molecular formula is C21H16BrClFN3O. The summed E-state index contributed by atoms with van der Waals surface area (Å²) in [5.74, 6) is -0.456. The molecule has 0 bridgehead atoms. The van der Waals surface area contributed by atoms with Gasteiger partial charge in [0, 0.05) is 34.7 Å². The van der Waals surface area contributed by atoms with Crippen molar-refractivity contribution in [2.45, 2.75) is 12.5 Å². The van der Waals surface area contributed by atoms with Crippen LogP contribution in [-0.4, -0.2) is 19.6 Å². The summed E-state index contributed by atoms with van der Waals surface area (Å²) in [5, 5.41) is 11.5. The molecule has 2 aromatic heterocycles. The van der Waals surface area contributed by atoms with Gasteiger partial charge in [-0.15, -0.1) is 0 Å². The number of rotatable bonds is 4. The molecule has 0 aliphatic heterocycles. The van der Waals surface area contributed by atoms with E-state index in [4.69, 9.17) is 11.6 Å².